The quantitative estimate of drug-likeness (QED) is 0.753. The first kappa shape index (κ1) is 17.2. The standard InChI is InChI=1S/C17H36N4/c1-19(2)9-10-20-11-13-21(14-12-20)16-17(15-18)7-5-3-4-6-8-17/h3-16,18H2,1-2H3. The predicted molar refractivity (Wildman–Crippen MR) is 90.6 cm³/mol. The minimum Gasteiger partial charge on any atom is -0.330 e. The van der Waals surface area contributed by atoms with Crippen molar-refractivity contribution in [2.75, 3.05) is 66.5 Å². The molecule has 0 aromatic heterocycles. The number of hydrogen-bond acceptors (Lipinski definition) is 4. The minimum absolute atomic E-state index is 0.419. The zero-order valence-corrected chi connectivity index (χ0v) is 14.3. The van der Waals surface area contributed by atoms with E-state index in [0.717, 1.165) is 6.54 Å². The highest BCUT2D eigenvalue weighted by Gasteiger charge is 2.32. The van der Waals surface area contributed by atoms with Gasteiger partial charge in [0.05, 0.1) is 0 Å². The SMILES string of the molecule is CN(C)CCN1CCN(CC2(CN)CCCCCC2)CC1. The zero-order chi connectivity index (χ0) is 15.1. The molecule has 1 saturated heterocycles. The molecular weight excluding hydrogens is 260 g/mol. The molecule has 2 aliphatic rings. The summed E-state index contributed by atoms with van der Waals surface area (Å²) in [5, 5.41) is 0. The fourth-order valence-corrected chi connectivity index (χ4v) is 3.89. The largest absolute Gasteiger partial charge is 0.330 e. The molecule has 0 radical (unpaired) electrons. The molecule has 4 heteroatoms. The van der Waals surface area contributed by atoms with Crippen molar-refractivity contribution >= 4 is 0 Å². The maximum atomic E-state index is 6.19. The predicted octanol–water partition coefficient (Wildman–Crippen LogP) is 1.46. The van der Waals surface area contributed by atoms with Gasteiger partial charge in [-0.15, -0.1) is 0 Å². The van der Waals surface area contributed by atoms with Gasteiger partial charge in [0.2, 0.25) is 0 Å². The van der Waals surface area contributed by atoms with E-state index < -0.39 is 0 Å². The Balaban J connectivity index is 1.76. The molecule has 2 fully saturated rings. The van der Waals surface area contributed by atoms with Crippen molar-refractivity contribution < 1.29 is 0 Å². The van der Waals surface area contributed by atoms with Gasteiger partial charge in [-0.3, -0.25) is 4.90 Å². The summed E-state index contributed by atoms with van der Waals surface area (Å²) in [6.45, 7) is 9.43. The number of hydrogen-bond donors (Lipinski definition) is 1. The van der Waals surface area contributed by atoms with Crippen LogP contribution in [0, 0.1) is 5.41 Å². The number of nitrogens with two attached hydrogens (primary N) is 1. The van der Waals surface area contributed by atoms with E-state index >= 15 is 0 Å². The Morgan fingerprint density at radius 3 is 2.00 bits per heavy atom. The Labute approximate surface area is 131 Å². The lowest BCUT2D eigenvalue weighted by molar-refractivity contribution is 0.0762. The lowest BCUT2D eigenvalue weighted by Crippen LogP contribution is -2.52. The number of likely N-dealkylation sites (N-methyl/N-ethyl adjacent to an activating group) is 1. The van der Waals surface area contributed by atoms with Crippen LogP contribution in [-0.2, 0) is 0 Å². The molecule has 124 valence electrons. The van der Waals surface area contributed by atoms with Crippen LogP contribution in [0.5, 0.6) is 0 Å². The Morgan fingerprint density at radius 1 is 0.905 bits per heavy atom. The maximum absolute atomic E-state index is 6.19. The van der Waals surface area contributed by atoms with Crippen molar-refractivity contribution in [2.24, 2.45) is 11.1 Å². The van der Waals surface area contributed by atoms with Crippen LogP contribution < -0.4 is 5.73 Å². The van der Waals surface area contributed by atoms with Crippen molar-refractivity contribution in [3.63, 3.8) is 0 Å². The smallest absolute Gasteiger partial charge is 0.0110 e. The zero-order valence-electron chi connectivity index (χ0n) is 14.3. The first-order chi connectivity index (χ1) is 10.1. The molecule has 0 spiro atoms. The van der Waals surface area contributed by atoms with Gasteiger partial charge < -0.3 is 15.5 Å². The molecule has 1 heterocycles. The molecule has 0 atom stereocenters. The minimum atomic E-state index is 0.419. The molecule has 1 saturated carbocycles. The fraction of sp³-hybridized carbons (Fsp3) is 1.00. The summed E-state index contributed by atoms with van der Waals surface area (Å²) in [5.74, 6) is 0. The van der Waals surface area contributed by atoms with Gasteiger partial charge in [-0.1, -0.05) is 25.7 Å². The van der Waals surface area contributed by atoms with Crippen LogP contribution in [0.2, 0.25) is 0 Å². The van der Waals surface area contributed by atoms with E-state index in [9.17, 15) is 0 Å². The van der Waals surface area contributed by atoms with Gasteiger partial charge in [0.1, 0.15) is 0 Å². The highest BCUT2D eigenvalue weighted by molar-refractivity contribution is 4.87. The molecule has 1 aliphatic heterocycles. The van der Waals surface area contributed by atoms with Gasteiger partial charge in [0.25, 0.3) is 0 Å². The first-order valence-electron chi connectivity index (χ1n) is 8.93. The van der Waals surface area contributed by atoms with Crippen LogP contribution in [0.1, 0.15) is 38.5 Å². The van der Waals surface area contributed by atoms with Crippen LogP contribution in [0.3, 0.4) is 0 Å². The highest BCUT2D eigenvalue weighted by Crippen LogP contribution is 2.35. The van der Waals surface area contributed by atoms with Crippen molar-refractivity contribution in [3.05, 3.63) is 0 Å². The van der Waals surface area contributed by atoms with Gasteiger partial charge in [-0.05, 0) is 38.9 Å². The van der Waals surface area contributed by atoms with E-state index in [0.29, 0.717) is 5.41 Å². The van der Waals surface area contributed by atoms with Crippen molar-refractivity contribution in [2.45, 2.75) is 38.5 Å². The molecular formula is C17H36N4. The highest BCUT2D eigenvalue weighted by atomic mass is 15.3. The molecule has 2 rings (SSSR count). The second-order valence-electron chi connectivity index (χ2n) is 7.54. The van der Waals surface area contributed by atoms with Gasteiger partial charge in [0, 0.05) is 45.8 Å². The van der Waals surface area contributed by atoms with E-state index in [1.807, 2.05) is 0 Å². The Bertz CT molecular complexity index is 277. The van der Waals surface area contributed by atoms with Crippen LogP contribution in [0.15, 0.2) is 0 Å². The summed E-state index contributed by atoms with van der Waals surface area (Å²) in [6, 6.07) is 0. The second kappa shape index (κ2) is 8.47. The molecule has 0 bridgehead atoms. The normalized spacial score (nSPS) is 25.1. The third-order valence-corrected chi connectivity index (χ3v) is 5.48. The van der Waals surface area contributed by atoms with Gasteiger partial charge in [0.15, 0.2) is 0 Å². The van der Waals surface area contributed by atoms with Crippen LogP contribution in [0.25, 0.3) is 0 Å². The molecule has 0 aromatic carbocycles. The summed E-state index contributed by atoms with van der Waals surface area (Å²) < 4.78 is 0. The third kappa shape index (κ3) is 5.51. The van der Waals surface area contributed by atoms with Crippen molar-refractivity contribution in [1.29, 1.82) is 0 Å². The second-order valence-corrected chi connectivity index (χ2v) is 7.54. The average molecular weight is 297 g/mol. The van der Waals surface area contributed by atoms with E-state index in [4.69, 9.17) is 5.73 Å². The fourth-order valence-electron chi connectivity index (χ4n) is 3.89. The van der Waals surface area contributed by atoms with E-state index in [2.05, 4.69) is 28.8 Å². The van der Waals surface area contributed by atoms with E-state index in [1.54, 1.807) is 0 Å². The lowest BCUT2D eigenvalue weighted by Gasteiger charge is -2.41. The summed E-state index contributed by atoms with van der Waals surface area (Å²) >= 11 is 0. The first-order valence-corrected chi connectivity index (χ1v) is 8.93. The Hall–Kier alpha value is -0.160. The number of nitrogens with zero attached hydrogens (tertiary/aromatic N) is 3. The third-order valence-electron chi connectivity index (χ3n) is 5.48. The maximum Gasteiger partial charge on any atom is 0.0110 e. The molecule has 0 aromatic rings. The topological polar surface area (TPSA) is 35.7 Å². The average Bonchev–Trinajstić information content (AvgIpc) is 2.73. The molecule has 0 unspecified atom stereocenters. The summed E-state index contributed by atoms with van der Waals surface area (Å²) in [6.07, 6.45) is 8.31. The molecule has 4 nitrogen and oxygen atoms in total. The summed E-state index contributed by atoms with van der Waals surface area (Å²) in [5.41, 5.74) is 6.61. The molecule has 0 amide bonds. The monoisotopic (exact) mass is 296 g/mol. The van der Waals surface area contributed by atoms with Gasteiger partial charge in [-0.25, -0.2) is 0 Å². The van der Waals surface area contributed by atoms with Crippen molar-refractivity contribution in [3.8, 4) is 0 Å². The van der Waals surface area contributed by atoms with Crippen molar-refractivity contribution in [1.82, 2.24) is 14.7 Å². The van der Waals surface area contributed by atoms with Gasteiger partial charge in [-0.2, -0.15) is 0 Å². The molecule has 21 heavy (non-hydrogen) atoms. The summed E-state index contributed by atoms with van der Waals surface area (Å²) in [7, 11) is 4.32. The number of piperazine rings is 1. The molecule has 1 aliphatic carbocycles. The van der Waals surface area contributed by atoms with E-state index in [1.165, 1.54) is 84.3 Å². The Kier molecular flexibility index (Phi) is 6.93. The van der Waals surface area contributed by atoms with Crippen LogP contribution in [0.4, 0.5) is 0 Å². The van der Waals surface area contributed by atoms with Crippen LogP contribution in [-0.4, -0.2) is 81.2 Å². The van der Waals surface area contributed by atoms with E-state index in [-0.39, 0.29) is 0 Å². The van der Waals surface area contributed by atoms with Gasteiger partial charge >= 0.3 is 0 Å². The van der Waals surface area contributed by atoms with Crippen LogP contribution >= 0.6 is 0 Å². The lowest BCUT2D eigenvalue weighted by atomic mass is 9.79. The number of rotatable bonds is 6. The summed E-state index contributed by atoms with van der Waals surface area (Å²) in [4.78, 5) is 7.57. The molecule has 2 N–H and O–H groups in total. The Morgan fingerprint density at radius 2 is 1.48 bits per heavy atom.